The number of rotatable bonds is 5. The van der Waals surface area contributed by atoms with E-state index in [9.17, 15) is 14.4 Å². The van der Waals surface area contributed by atoms with Gasteiger partial charge in [0.1, 0.15) is 16.9 Å². The Labute approximate surface area is 181 Å². The van der Waals surface area contributed by atoms with Crippen LogP contribution in [0, 0.1) is 5.92 Å². The van der Waals surface area contributed by atoms with Crippen molar-refractivity contribution in [2.75, 3.05) is 0 Å². The maximum absolute atomic E-state index is 12.6. The molecule has 3 rings (SSSR count). The van der Waals surface area contributed by atoms with Gasteiger partial charge in [0.15, 0.2) is 12.2 Å². The number of esters is 2. The van der Waals surface area contributed by atoms with Gasteiger partial charge < -0.3 is 18.6 Å². The van der Waals surface area contributed by atoms with Crippen LogP contribution in [0.5, 0.6) is 5.75 Å². The van der Waals surface area contributed by atoms with Crippen LogP contribution in [0.3, 0.4) is 0 Å². The monoisotopic (exact) mass is 428 g/mol. The van der Waals surface area contributed by atoms with Crippen molar-refractivity contribution in [1.29, 1.82) is 0 Å². The lowest BCUT2D eigenvalue weighted by atomic mass is 9.87. The molecule has 0 fully saturated rings. The number of ether oxygens (including phenoxy) is 3. The number of allylic oxidation sites excluding steroid dienone is 1. The van der Waals surface area contributed by atoms with E-state index in [0.29, 0.717) is 27.9 Å². The molecule has 0 amide bonds. The summed E-state index contributed by atoms with van der Waals surface area (Å²) in [4.78, 5) is 36.8. The maximum Gasteiger partial charge on any atom is 0.336 e. The molecule has 31 heavy (non-hydrogen) atoms. The fourth-order valence-corrected chi connectivity index (χ4v) is 3.47. The Morgan fingerprint density at radius 1 is 1.19 bits per heavy atom. The molecule has 1 aliphatic rings. The zero-order valence-corrected chi connectivity index (χ0v) is 18.7. The largest absolute Gasteiger partial charge is 0.483 e. The van der Waals surface area contributed by atoms with Crippen LogP contribution < -0.4 is 10.4 Å². The van der Waals surface area contributed by atoms with E-state index in [0.717, 1.165) is 0 Å². The molecular formula is C24H28O7. The first kappa shape index (κ1) is 22.6. The van der Waals surface area contributed by atoms with E-state index in [1.54, 1.807) is 52.0 Å². The van der Waals surface area contributed by atoms with Crippen LogP contribution in [-0.4, -0.2) is 23.6 Å². The van der Waals surface area contributed by atoms with Gasteiger partial charge in [-0.1, -0.05) is 19.9 Å². The summed E-state index contributed by atoms with van der Waals surface area (Å²) < 4.78 is 23.0. The van der Waals surface area contributed by atoms with E-state index in [1.165, 1.54) is 6.07 Å². The molecule has 0 aliphatic carbocycles. The van der Waals surface area contributed by atoms with E-state index in [4.69, 9.17) is 18.6 Å². The van der Waals surface area contributed by atoms with Gasteiger partial charge in [-0.05, 0) is 45.7 Å². The van der Waals surface area contributed by atoms with E-state index < -0.39 is 35.4 Å². The van der Waals surface area contributed by atoms with Gasteiger partial charge in [0.25, 0.3) is 0 Å². The molecule has 0 saturated carbocycles. The molecular weight excluding hydrogens is 400 g/mol. The summed E-state index contributed by atoms with van der Waals surface area (Å²) in [6.45, 7) is 10.8. The summed E-state index contributed by atoms with van der Waals surface area (Å²) in [6.07, 6.45) is 0.119. The van der Waals surface area contributed by atoms with E-state index in [2.05, 4.69) is 0 Å². The summed E-state index contributed by atoms with van der Waals surface area (Å²) in [5.41, 5.74) is -0.143. The summed E-state index contributed by atoms with van der Waals surface area (Å²) in [7, 11) is 0. The van der Waals surface area contributed by atoms with Gasteiger partial charge in [0.05, 0.1) is 0 Å². The van der Waals surface area contributed by atoms with Crippen LogP contribution in [-0.2, 0) is 19.1 Å². The van der Waals surface area contributed by atoms with Gasteiger partial charge in [-0.15, -0.1) is 0 Å². The predicted molar refractivity (Wildman–Crippen MR) is 115 cm³/mol. The van der Waals surface area contributed by atoms with Crippen molar-refractivity contribution in [3.05, 3.63) is 51.9 Å². The van der Waals surface area contributed by atoms with Crippen LogP contribution in [0.25, 0.3) is 11.0 Å². The van der Waals surface area contributed by atoms with Crippen molar-refractivity contribution in [3.63, 3.8) is 0 Å². The predicted octanol–water partition coefficient (Wildman–Crippen LogP) is 4.47. The zero-order valence-electron chi connectivity index (χ0n) is 18.7. The van der Waals surface area contributed by atoms with Crippen LogP contribution >= 0.6 is 0 Å². The number of fused-ring (bicyclic) bond motifs is 2. The van der Waals surface area contributed by atoms with Crippen molar-refractivity contribution < 1.29 is 28.2 Å². The van der Waals surface area contributed by atoms with Crippen LogP contribution in [0.15, 0.2) is 45.1 Å². The number of hydrogen-bond donors (Lipinski definition) is 0. The third kappa shape index (κ3) is 4.81. The Hall–Kier alpha value is -3.09. The molecule has 1 aromatic carbocycles. The highest BCUT2D eigenvalue weighted by atomic mass is 16.6. The SMILES string of the molecule is C/C=C(/C)C(=O)O[C@H]1[C@H](OC(=O)CC(C)C)c2cc3ccc(=O)oc3cc2OC1(C)C. The number of benzene rings is 1. The number of carbonyl (C=O) groups is 2. The van der Waals surface area contributed by atoms with Gasteiger partial charge in [0, 0.05) is 35.1 Å². The molecule has 0 N–H and O–H groups in total. The zero-order chi connectivity index (χ0) is 22.9. The highest BCUT2D eigenvalue weighted by molar-refractivity contribution is 5.88. The fourth-order valence-electron chi connectivity index (χ4n) is 3.47. The molecule has 1 aliphatic heterocycles. The number of hydrogen-bond acceptors (Lipinski definition) is 7. The molecule has 1 aromatic heterocycles. The van der Waals surface area contributed by atoms with Gasteiger partial charge in [0.2, 0.25) is 0 Å². The molecule has 0 unspecified atom stereocenters. The Morgan fingerprint density at radius 2 is 1.90 bits per heavy atom. The molecule has 2 atom stereocenters. The van der Waals surface area contributed by atoms with Crippen molar-refractivity contribution in [1.82, 2.24) is 0 Å². The molecule has 2 heterocycles. The number of carbonyl (C=O) groups excluding carboxylic acids is 2. The summed E-state index contributed by atoms with van der Waals surface area (Å²) in [6, 6.07) is 6.28. The van der Waals surface area contributed by atoms with Crippen LogP contribution in [0.4, 0.5) is 0 Å². The van der Waals surface area contributed by atoms with Gasteiger partial charge in [-0.3, -0.25) is 4.79 Å². The van der Waals surface area contributed by atoms with Crippen LogP contribution in [0.1, 0.15) is 59.6 Å². The summed E-state index contributed by atoms with van der Waals surface area (Å²) >= 11 is 0. The average Bonchev–Trinajstić information content (AvgIpc) is 2.67. The quantitative estimate of drug-likeness (QED) is 0.394. The summed E-state index contributed by atoms with van der Waals surface area (Å²) in [5, 5.41) is 0.640. The fraction of sp³-hybridized carbons (Fsp3) is 0.458. The van der Waals surface area contributed by atoms with E-state index in [-0.39, 0.29) is 12.3 Å². The van der Waals surface area contributed by atoms with Crippen LogP contribution in [0.2, 0.25) is 0 Å². The Kier molecular flexibility index (Phi) is 6.25. The second-order valence-electron chi connectivity index (χ2n) is 8.69. The van der Waals surface area contributed by atoms with Crippen molar-refractivity contribution >= 4 is 22.9 Å². The normalized spacial score (nSPS) is 20.2. The Balaban J connectivity index is 2.11. The molecule has 7 heteroatoms. The maximum atomic E-state index is 12.6. The first-order valence-corrected chi connectivity index (χ1v) is 10.3. The molecule has 0 spiro atoms. The smallest absolute Gasteiger partial charge is 0.336 e. The topological polar surface area (TPSA) is 92.0 Å². The minimum absolute atomic E-state index is 0.108. The minimum Gasteiger partial charge on any atom is -0.483 e. The van der Waals surface area contributed by atoms with Gasteiger partial charge >= 0.3 is 17.6 Å². The van der Waals surface area contributed by atoms with Crippen molar-refractivity contribution in [2.24, 2.45) is 5.92 Å². The van der Waals surface area contributed by atoms with E-state index in [1.807, 2.05) is 13.8 Å². The third-order valence-corrected chi connectivity index (χ3v) is 5.21. The first-order chi connectivity index (χ1) is 14.5. The highest BCUT2D eigenvalue weighted by Crippen LogP contribution is 2.45. The molecule has 2 aromatic rings. The highest BCUT2D eigenvalue weighted by Gasteiger charge is 2.49. The molecule has 7 nitrogen and oxygen atoms in total. The Morgan fingerprint density at radius 3 is 2.55 bits per heavy atom. The molecule has 166 valence electrons. The molecule has 0 bridgehead atoms. The Bertz CT molecular complexity index is 1090. The lowest BCUT2D eigenvalue weighted by molar-refractivity contribution is -0.188. The van der Waals surface area contributed by atoms with E-state index >= 15 is 0 Å². The summed E-state index contributed by atoms with van der Waals surface area (Å²) in [5.74, 6) is -0.391. The standard InChI is InChI=1S/C24H28O7/c1-7-14(4)23(27)30-22-21(29-20(26)10-13(2)3)16-11-15-8-9-19(25)28-17(15)12-18(16)31-24(22,5)6/h7-9,11-13,21-22H,10H2,1-6H3/b14-7-/t21-,22+/m1/s1. The second kappa shape index (κ2) is 8.57. The third-order valence-electron chi connectivity index (χ3n) is 5.21. The van der Waals surface area contributed by atoms with Gasteiger partial charge in [-0.2, -0.15) is 0 Å². The molecule has 0 radical (unpaired) electrons. The van der Waals surface area contributed by atoms with Crippen molar-refractivity contribution in [2.45, 2.75) is 65.8 Å². The lowest BCUT2D eigenvalue weighted by Gasteiger charge is -2.43. The second-order valence-corrected chi connectivity index (χ2v) is 8.69. The lowest BCUT2D eigenvalue weighted by Crippen LogP contribution is -2.52. The van der Waals surface area contributed by atoms with Gasteiger partial charge in [-0.25, -0.2) is 9.59 Å². The molecule has 0 saturated heterocycles. The van der Waals surface area contributed by atoms with Crippen molar-refractivity contribution in [3.8, 4) is 5.75 Å². The average molecular weight is 428 g/mol. The first-order valence-electron chi connectivity index (χ1n) is 10.3. The minimum atomic E-state index is -1.01.